The van der Waals surface area contributed by atoms with Gasteiger partial charge in [-0.25, -0.2) is 0 Å². The molecule has 3 heterocycles. The molecule has 114 valence electrons. The Hall–Kier alpha value is -0.810. The average molecular weight is 302 g/mol. The summed E-state index contributed by atoms with van der Waals surface area (Å²) in [5, 5.41) is 3.41. The van der Waals surface area contributed by atoms with Crippen molar-refractivity contribution in [3.8, 4) is 0 Å². The Kier molecular flexibility index (Phi) is 4.91. The summed E-state index contributed by atoms with van der Waals surface area (Å²) in [6.07, 6.45) is 5.08. The molecule has 0 radical (unpaired) electrons. The lowest BCUT2D eigenvalue weighted by molar-refractivity contribution is -0.144. The summed E-state index contributed by atoms with van der Waals surface area (Å²) in [5.74, 6) is 0.236. The molecule has 3 fully saturated rings. The van der Waals surface area contributed by atoms with E-state index in [2.05, 4.69) is 10.2 Å². The highest BCUT2D eigenvalue weighted by molar-refractivity contribution is 5.88. The van der Waals surface area contributed by atoms with Gasteiger partial charge in [-0.05, 0) is 38.6 Å². The molecule has 3 rings (SSSR count). The number of nitrogens with zero attached hydrogens (tertiary/aromatic N) is 2. The molecular weight excluding hydrogens is 278 g/mol. The van der Waals surface area contributed by atoms with E-state index in [0.717, 1.165) is 51.7 Å². The number of amides is 2. The van der Waals surface area contributed by atoms with Crippen molar-refractivity contribution in [2.75, 3.05) is 19.6 Å². The monoisotopic (exact) mass is 301 g/mol. The minimum atomic E-state index is -0.196. The van der Waals surface area contributed by atoms with Gasteiger partial charge >= 0.3 is 0 Å². The van der Waals surface area contributed by atoms with E-state index in [1.807, 2.05) is 0 Å². The number of fused-ring (bicyclic) bond motifs is 2. The van der Waals surface area contributed by atoms with Crippen LogP contribution in [0.5, 0.6) is 0 Å². The number of carbonyl (C=O) groups excluding carboxylic acids is 2. The maximum absolute atomic E-state index is 12.8. The number of nitrogens with one attached hydrogen (secondary N) is 1. The molecule has 1 N–H and O–H groups in total. The van der Waals surface area contributed by atoms with Crippen molar-refractivity contribution >= 4 is 24.2 Å². The van der Waals surface area contributed by atoms with Gasteiger partial charge in [-0.15, -0.1) is 12.4 Å². The highest BCUT2D eigenvalue weighted by Gasteiger charge is 2.43. The summed E-state index contributed by atoms with van der Waals surface area (Å²) < 4.78 is 0. The van der Waals surface area contributed by atoms with Crippen LogP contribution in [-0.4, -0.2) is 59.4 Å². The number of likely N-dealkylation sites (tertiary alicyclic amines) is 1. The fourth-order valence-electron chi connectivity index (χ4n) is 3.91. The topological polar surface area (TPSA) is 52.7 Å². The highest BCUT2D eigenvalue weighted by Crippen LogP contribution is 2.31. The Labute approximate surface area is 126 Å². The molecule has 0 aromatic carbocycles. The van der Waals surface area contributed by atoms with Gasteiger partial charge in [0.1, 0.15) is 6.04 Å². The minimum absolute atomic E-state index is 0. The average Bonchev–Trinajstić information content (AvgIpc) is 2.92. The quantitative estimate of drug-likeness (QED) is 0.778. The first kappa shape index (κ1) is 15.6. The molecule has 0 aromatic heterocycles. The summed E-state index contributed by atoms with van der Waals surface area (Å²) in [5.41, 5.74) is 0. The van der Waals surface area contributed by atoms with E-state index in [-0.39, 0.29) is 30.3 Å². The van der Waals surface area contributed by atoms with Crippen LogP contribution in [0.3, 0.4) is 0 Å². The van der Waals surface area contributed by atoms with Crippen LogP contribution < -0.4 is 5.32 Å². The fraction of sp³-hybridized carbons (Fsp3) is 0.857. The molecule has 20 heavy (non-hydrogen) atoms. The number of carbonyl (C=O) groups is 2. The Morgan fingerprint density at radius 1 is 1.10 bits per heavy atom. The molecule has 3 aliphatic rings. The van der Waals surface area contributed by atoms with Gasteiger partial charge in [0.05, 0.1) is 0 Å². The molecule has 0 saturated carbocycles. The third-order valence-electron chi connectivity index (χ3n) is 4.85. The molecule has 2 bridgehead atoms. The van der Waals surface area contributed by atoms with E-state index in [1.54, 1.807) is 11.8 Å². The molecule has 0 aromatic rings. The van der Waals surface area contributed by atoms with E-state index >= 15 is 0 Å². The largest absolute Gasteiger partial charge is 0.334 e. The molecule has 2 amide bonds. The fourth-order valence-corrected chi connectivity index (χ4v) is 3.91. The molecular formula is C14H24ClN3O2. The van der Waals surface area contributed by atoms with Crippen LogP contribution in [0.15, 0.2) is 0 Å². The second-order valence-corrected chi connectivity index (χ2v) is 5.99. The molecule has 0 aliphatic carbocycles. The number of hydrogen-bond acceptors (Lipinski definition) is 3. The van der Waals surface area contributed by atoms with Crippen LogP contribution >= 0.6 is 12.4 Å². The van der Waals surface area contributed by atoms with E-state index in [0.29, 0.717) is 12.1 Å². The number of halogens is 1. The normalized spacial score (nSPS) is 32.8. The molecule has 3 unspecified atom stereocenters. The lowest BCUT2D eigenvalue weighted by Crippen LogP contribution is -2.51. The Bertz CT molecular complexity index is 377. The predicted octanol–water partition coefficient (Wildman–Crippen LogP) is 0.772. The van der Waals surface area contributed by atoms with Gasteiger partial charge in [-0.3, -0.25) is 9.59 Å². The first-order chi connectivity index (χ1) is 9.18. The first-order valence-electron chi connectivity index (χ1n) is 7.48. The van der Waals surface area contributed by atoms with Gasteiger partial charge in [0.2, 0.25) is 11.8 Å². The van der Waals surface area contributed by atoms with Gasteiger partial charge in [0.25, 0.3) is 0 Å². The van der Waals surface area contributed by atoms with Crippen LogP contribution in [0.2, 0.25) is 0 Å². The van der Waals surface area contributed by atoms with Crippen LogP contribution in [0.25, 0.3) is 0 Å². The van der Waals surface area contributed by atoms with Crippen molar-refractivity contribution in [3.63, 3.8) is 0 Å². The first-order valence-corrected chi connectivity index (χ1v) is 7.48. The van der Waals surface area contributed by atoms with Gasteiger partial charge in [0.15, 0.2) is 0 Å². The lowest BCUT2D eigenvalue weighted by atomic mass is 10.1. The summed E-state index contributed by atoms with van der Waals surface area (Å²) >= 11 is 0. The van der Waals surface area contributed by atoms with Crippen molar-refractivity contribution < 1.29 is 9.59 Å². The van der Waals surface area contributed by atoms with Crippen LogP contribution in [0.1, 0.15) is 39.0 Å². The van der Waals surface area contributed by atoms with Crippen molar-refractivity contribution in [1.29, 1.82) is 0 Å². The maximum Gasteiger partial charge on any atom is 0.245 e. The number of hydrogen-bond donors (Lipinski definition) is 1. The second kappa shape index (κ2) is 6.31. The van der Waals surface area contributed by atoms with Gasteiger partial charge < -0.3 is 15.1 Å². The lowest BCUT2D eigenvalue weighted by Gasteiger charge is -2.33. The Morgan fingerprint density at radius 2 is 1.85 bits per heavy atom. The summed E-state index contributed by atoms with van der Waals surface area (Å²) in [4.78, 5) is 28.3. The van der Waals surface area contributed by atoms with Crippen molar-refractivity contribution in [3.05, 3.63) is 0 Å². The molecule has 3 aliphatic heterocycles. The Morgan fingerprint density at radius 3 is 2.60 bits per heavy atom. The maximum atomic E-state index is 12.8. The third-order valence-corrected chi connectivity index (χ3v) is 4.85. The van der Waals surface area contributed by atoms with Gasteiger partial charge in [-0.2, -0.15) is 0 Å². The van der Waals surface area contributed by atoms with Gasteiger partial charge in [0, 0.05) is 32.1 Å². The smallest absolute Gasteiger partial charge is 0.245 e. The zero-order chi connectivity index (χ0) is 13.4. The standard InChI is InChI=1S/C14H23N3O2.ClH/c1-10(18)16-8-2-3-13(16)14(19)17-11-4-5-12(17)9-15-7-6-11;/h11-13,15H,2-9H2,1H3;1H. The zero-order valence-corrected chi connectivity index (χ0v) is 12.8. The van der Waals surface area contributed by atoms with E-state index < -0.39 is 0 Å². The van der Waals surface area contributed by atoms with E-state index in [4.69, 9.17) is 0 Å². The van der Waals surface area contributed by atoms with Crippen LogP contribution in [0, 0.1) is 0 Å². The third kappa shape index (κ3) is 2.66. The van der Waals surface area contributed by atoms with Gasteiger partial charge in [-0.1, -0.05) is 0 Å². The SMILES string of the molecule is CC(=O)N1CCCC1C(=O)N1C2CCNCC1CC2.Cl. The van der Waals surface area contributed by atoms with Crippen LogP contribution in [0.4, 0.5) is 0 Å². The predicted molar refractivity (Wildman–Crippen MR) is 78.8 cm³/mol. The molecule has 5 nitrogen and oxygen atoms in total. The zero-order valence-electron chi connectivity index (χ0n) is 12.0. The van der Waals surface area contributed by atoms with Crippen molar-refractivity contribution in [2.45, 2.75) is 57.2 Å². The van der Waals surface area contributed by atoms with E-state index in [9.17, 15) is 9.59 Å². The molecule has 3 atom stereocenters. The Balaban J connectivity index is 0.00000147. The summed E-state index contributed by atoms with van der Waals surface area (Å²) in [6.45, 7) is 4.23. The van der Waals surface area contributed by atoms with Crippen molar-refractivity contribution in [2.24, 2.45) is 0 Å². The molecule has 6 heteroatoms. The van der Waals surface area contributed by atoms with Crippen LogP contribution in [-0.2, 0) is 9.59 Å². The minimum Gasteiger partial charge on any atom is -0.334 e. The van der Waals surface area contributed by atoms with E-state index in [1.165, 1.54) is 0 Å². The second-order valence-electron chi connectivity index (χ2n) is 5.99. The summed E-state index contributed by atoms with van der Waals surface area (Å²) in [6, 6.07) is 0.537. The van der Waals surface area contributed by atoms with Crippen molar-refractivity contribution in [1.82, 2.24) is 15.1 Å². The number of rotatable bonds is 1. The molecule has 0 spiro atoms. The molecule has 3 saturated heterocycles. The summed E-state index contributed by atoms with van der Waals surface area (Å²) in [7, 11) is 0. The highest BCUT2D eigenvalue weighted by atomic mass is 35.5.